The number of Topliss-reactive ketones (excluding diaryl/α,β-unsaturated/α-hetero) is 1. The molecule has 130 valence electrons. The molecule has 1 atom stereocenters. The average molecular weight is 359 g/mol. The Morgan fingerprint density at radius 2 is 2.12 bits per heavy atom. The number of amides is 1. The second-order valence-electron chi connectivity index (χ2n) is 6.63. The fourth-order valence-electron chi connectivity index (χ4n) is 3.07. The van der Waals surface area contributed by atoms with Crippen LogP contribution in [0.4, 0.5) is 4.39 Å². The molecule has 4 rings (SSSR count). The van der Waals surface area contributed by atoms with Crippen LogP contribution >= 0.6 is 11.3 Å². The van der Waals surface area contributed by atoms with Gasteiger partial charge in [0.1, 0.15) is 17.7 Å². The van der Waals surface area contributed by atoms with Gasteiger partial charge in [0.25, 0.3) is 0 Å². The average Bonchev–Trinajstić information content (AvgIpc) is 3.16. The molecule has 25 heavy (non-hydrogen) atoms. The fourth-order valence-corrected chi connectivity index (χ4v) is 3.98. The molecule has 0 bridgehead atoms. The van der Waals surface area contributed by atoms with E-state index in [1.807, 2.05) is 6.07 Å². The van der Waals surface area contributed by atoms with Crippen molar-refractivity contribution in [3.8, 4) is 16.2 Å². The Hall–Kier alpha value is -2.21. The molecule has 0 spiro atoms. The first-order chi connectivity index (χ1) is 12.0. The van der Waals surface area contributed by atoms with Gasteiger partial charge in [0.05, 0.1) is 11.4 Å². The molecule has 1 aromatic carbocycles. The number of ether oxygens (including phenoxy) is 1. The van der Waals surface area contributed by atoms with Crippen molar-refractivity contribution in [2.75, 3.05) is 6.54 Å². The highest BCUT2D eigenvalue weighted by Gasteiger charge is 2.32. The Bertz CT molecular complexity index is 856. The van der Waals surface area contributed by atoms with Gasteiger partial charge in [0.15, 0.2) is 5.78 Å². The van der Waals surface area contributed by atoms with Crippen LogP contribution in [0.5, 0.6) is 5.75 Å². The van der Waals surface area contributed by atoms with E-state index in [0.29, 0.717) is 29.2 Å². The van der Waals surface area contributed by atoms with Crippen LogP contribution in [0, 0.1) is 11.7 Å². The van der Waals surface area contributed by atoms with Crippen molar-refractivity contribution in [2.24, 2.45) is 5.92 Å². The molecule has 1 N–H and O–H groups in total. The summed E-state index contributed by atoms with van der Waals surface area (Å²) >= 11 is 1.33. The van der Waals surface area contributed by atoms with E-state index in [2.05, 4.69) is 5.32 Å². The van der Waals surface area contributed by atoms with Crippen molar-refractivity contribution in [2.45, 2.75) is 32.3 Å². The van der Waals surface area contributed by atoms with Crippen LogP contribution in [0.2, 0.25) is 0 Å². The van der Waals surface area contributed by atoms with Gasteiger partial charge in [0.2, 0.25) is 5.91 Å². The number of hydrogen-bond acceptors (Lipinski definition) is 4. The zero-order chi connectivity index (χ0) is 17.6. The molecular weight excluding hydrogens is 341 g/mol. The second kappa shape index (κ2) is 6.26. The van der Waals surface area contributed by atoms with Gasteiger partial charge in [-0.2, -0.15) is 0 Å². The standard InChI is InChI=1S/C19H18FNO3S/c1-10(22)16-4-5-17(25-16)15-8-13(20)6-12-7-14(24-18(12)15)9-21-19(23)11-2-3-11/h4-6,8,11,14H,2-3,7,9H2,1H3,(H,21,23). The zero-order valence-electron chi connectivity index (χ0n) is 13.8. The summed E-state index contributed by atoms with van der Waals surface area (Å²) < 4.78 is 20.0. The van der Waals surface area contributed by atoms with Gasteiger partial charge < -0.3 is 10.1 Å². The highest BCUT2D eigenvalue weighted by atomic mass is 32.1. The summed E-state index contributed by atoms with van der Waals surface area (Å²) in [6.45, 7) is 1.94. The van der Waals surface area contributed by atoms with E-state index in [-0.39, 0.29) is 29.5 Å². The van der Waals surface area contributed by atoms with Crippen molar-refractivity contribution in [1.29, 1.82) is 0 Å². The molecule has 2 heterocycles. The third-order valence-corrected chi connectivity index (χ3v) is 5.75. The van der Waals surface area contributed by atoms with Gasteiger partial charge >= 0.3 is 0 Å². The Balaban J connectivity index is 1.55. The van der Waals surface area contributed by atoms with Crippen LogP contribution in [0.15, 0.2) is 24.3 Å². The van der Waals surface area contributed by atoms with Crippen LogP contribution < -0.4 is 10.1 Å². The third kappa shape index (κ3) is 3.31. The number of halogens is 1. The third-order valence-electron chi connectivity index (χ3n) is 4.53. The lowest BCUT2D eigenvalue weighted by Crippen LogP contribution is -2.35. The van der Waals surface area contributed by atoms with Gasteiger partial charge in [-0.25, -0.2) is 4.39 Å². The first-order valence-corrected chi connectivity index (χ1v) is 9.21. The van der Waals surface area contributed by atoms with E-state index in [1.165, 1.54) is 30.4 Å². The van der Waals surface area contributed by atoms with E-state index in [1.54, 1.807) is 6.07 Å². The number of benzene rings is 1. The maximum atomic E-state index is 14.0. The van der Waals surface area contributed by atoms with Gasteiger partial charge in [-0.05, 0) is 44.0 Å². The molecule has 1 amide bonds. The number of rotatable bonds is 5. The maximum Gasteiger partial charge on any atom is 0.223 e. The van der Waals surface area contributed by atoms with E-state index >= 15 is 0 Å². The summed E-state index contributed by atoms with van der Waals surface area (Å²) in [6.07, 6.45) is 2.30. The molecule has 1 unspecified atom stereocenters. The van der Waals surface area contributed by atoms with Crippen LogP contribution in [0.25, 0.3) is 10.4 Å². The van der Waals surface area contributed by atoms with Crippen molar-refractivity contribution < 1.29 is 18.7 Å². The minimum atomic E-state index is -0.321. The number of ketones is 1. The smallest absolute Gasteiger partial charge is 0.223 e. The molecule has 0 saturated heterocycles. The quantitative estimate of drug-likeness (QED) is 0.830. The number of fused-ring (bicyclic) bond motifs is 1. The van der Waals surface area contributed by atoms with Crippen LogP contribution in [0.1, 0.15) is 35.0 Å². The molecule has 1 aromatic heterocycles. The first kappa shape index (κ1) is 16.3. The molecule has 1 aliphatic carbocycles. The minimum absolute atomic E-state index is 0.00844. The van der Waals surface area contributed by atoms with Gasteiger partial charge in [0, 0.05) is 28.3 Å². The number of hydrogen-bond donors (Lipinski definition) is 1. The summed E-state index contributed by atoms with van der Waals surface area (Å²) in [7, 11) is 0. The minimum Gasteiger partial charge on any atom is -0.487 e. The Morgan fingerprint density at radius 3 is 2.80 bits per heavy atom. The van der Waals surface area contributed by atoms with Gasteiger partial charge in [-0.3, -0.25) is 9.59 Å². The number of carbonyl (C=O) groups is 2. The molecular formula is C19H18FNO3S. The van der Waals surface area contributed by atoms with Gasteiger partial charge in [-0.1, -0.05) is 0 Å². The van der Waals surface area contributed by atoms with Crippen molar-refractivity contribution in [3.63, 3.8) is 0 Å². The Morgan fingerprint density at radius 1 is 1.32 bits per heavy atom. The largest absolute Gasteiger partial charge is 0.487 e. The lowest BCUT2D eigenvalue weighted by Gasteiger charge is -2.13. The predicted molar refractivity (Wildman–Crippen MR) is 93.6 cm³/mol. The fraction of sp³-hybridized carbons (Fsp3) is 0.368. The molecule has 2 aromatic rings. The van der Waals surface area contributed by atoms with Crippen LogP contribution in [-0.2, 0) is 11.2 Å². The highest BCUT2D eigenvalue weighted by Crippen LogP contribution is 2.42. The van der Waals surface area contributed by atoms with Crippen molar-refractivity contribution >= 4 is 23.0 Å². The summed E-state index contributed by atoms with van der Waals surface area (Å²) in [5, 5.41) is 2.91. The van der Waals surface area contributed by atoms with E-state index < -0.39 is 0 Å². The monoisotopic (exact) mass is 359 g/mol. The molecule has 1 fully saturated rings. The number of thiophene rings is 1. The molecule has 2 aliphatic rings. The first-order valence-electron chi connectivity index (χ1n) is 8.39. The van der Waals surface area contributed by atoms with Crippen LogP contribution in [0.3, 0.4) is 0 Å². The van der Waals surface area contributed by atoms with Gasteiger partial charge in [-0.15, -0.1) is 11.3 Å². The van der Waals surface area contributed by atoms with E-state index in [0.717, 1.165) is 23.3 Å². The highest BCUT2D eigenvalue weighted by molar-refractivity contribution is 7.17. The second-order valence-corrected chi connectivity index (χ2v) is 7.71. The normalized spacial score (nSPS) is 18.6. The predicted octanol–water partition coefficient (Wildman–Crippen LogP) is 3.59. The lowest BCUT2D eigenvalue weighted by molar-refractivity contribution is -0.122. The number of nitrogens with one attached hydrogen (secondary N) is 1. The van der Waals surface area contributed by atoms with E-state index in [4.69, 9.17) is 4.74 Å². The lowest BCUT2D eigenvalue weighted by atomic mass is 10.0. The summed E-state index contributed by atoms with van der Waals surface area (Å²) in [4.78, 5) is 24.8. The number of carbonyl (C=O) groups excluding carboxylic acids is 2. The van der Waals surface area contributed by atoms with Crippen molar-refractivity contribution in [1.82, 2.24) is 5.32 Å². The molecule has 6 heteroatoms. The van der Waals surface area contributed by atoms with Crippen LogP contribution in [-0.4, -0.2) is 24.3 Å². The zero-order valence-corrected chi connectivity index (χ0v) is 14.6. The Labute approximate surface area is 149 Å². The summed E-state index contributed by atoms with van der Waals surface area (Å²) in [5.74, 6) is 0.566. The molecule has 1 aliphatic heterocycles. The molecule has 0 radical (unpaired) electrons. The molecule has 1 saturated carbocycles. The Kier molecular flexibility index (Phi) is 4.07. The maximum absolute atomic E-state index is 14.0. The summed E-state index contributed by atoms with van der Waals surface area (Å²) in [6, 6.07) is 6.50. The SMILES string of the molecule is CC(=O)c1ccc(-c2cc(F)cc3c2OC(CNC(=O)C2CC2)C3)s1. The molecule has 4 nitrogen and oxygen atoms in total. The van der Waals surface area contributed by atoms with Crippen molar-refractivity contribution in [3.05, 3.63) is 40.5 Å². The topological polar surface area (TPSA) is 55.4 Å². The summed E-state index contributed by atoms with van der Waals surface area (Å²) in [5.41, 5.74) is 1.47. The van der Waals surface area contributed by atoms with E-state index in [9.17, 15) is 14.0 Å².